The van der Waals surface area contributed by atoms with Gasteiger partial charge in [0.1, 0.15) is 11.2 Å². The van der Waals surface area contributed by atoms with E-state index in [0.717, 1.165) is 16.5 Å². The van der Waals surface area contributed by atoms with Crippen LogP contribution < -0.4 is 0 Å². The molecule has 1 nitrogen and oxygen atoms in total. The lowest BCUT2D eigenvalue weighted by atomic mass is 9.85. The van der Waals surface area contributed by atoms with Crippen LogP contribution in [0.2, 0.25) is 0 Å². The zero-order chi connectivity index (χ0) is 44.5. The highest BCUT2D eigenvalue weighted by Gasteiger charge is 2.17. The smallest absolute Gasteiger partial charge is 0.143 e. The van der Waals surface area contributed by atoms with E-state index in [1.807, 2.05) is 48.5 Å². The second-order valence-corrected chi connectivity index (χ2v) is 10.4. The van der Waals surface area contributed by atoms with Gasteiger partial charge in [-0.05, 0) is 72.6 Å². The Balaban J connectivity index is 1.44. The van der Waals surface area contributed by atoms with Crippen molar-refractivity contribution in [3.8, 4) is 44.5 Å². The number of hydrogen-bond donors (Lipinski definition) is 0. The second kappa shape index (κ2) is 10.4. The van der Waals surface area contributed by atoms with Gasteiger partial charge in [0.2, 0.25) is 0 Å². The molecule has 0 unspecified atom stereocenters. The molecule has 0 bridgehead atoms. The number of rotatable bonds is 4. The van der Waals surface area contributed by atoms with Gasteiger partial charge in [-0.15, -0.1) is 0 Å². The summed E-state index contributed by atoms with van der Waals surface area (Å²) in [7, 11) is 0. The van der Waals surface area contributed by atoms with E-state index in [-0.39, 0.29) is 16.7 Å². The Bertz CT molecular complexity index is 3350. The van der Waals surface area contributed by atoms with E-state index in [4.69, 9.17) is 19.5 Å². The fraction of sp³-hybridized carbons (Fsp3) is 0. The zero-order valence-electron chi connectivity index (χ0n) is 40.3. The number of fused-ring (bicyclic) bond motifs is 5. The lowest BCUT2D eigenvalue weighted by Crippen LogP contribution is -1.90. The van der Waals surface area contributed by atoms with E-state index in [0.29, 0.717) is 11.0 Å². The summed E-state index contributed by atoms with van der Waals surface area (Å²) < 4.78 is 159. The lowest BCUT2D eigenvalue weighted by molar-refractivity contribution is 0.670. The first kappa shape index (κ1) is 13.8. The topological polar surface area (TPSA) is 13.1 Å². The Morgan fingerprint density at radius 2 is 0.956 bits per heavy atom. The van der Waals surface area contributed by atoms with Crippen molar-refractivity contribution >= 4 is 43.5 Å². The van der Waals surface area contributed by atoms with Gasteiger partial charge in [0.05, 0.1) is 23.3 Å². The Hall–Kier alpha value is -5.92. The molecular formula is C44H28O. The van der Waals surface area contributed by atoms with E-state index in [2.05, 4.69) is 0 Å². The van der Waals surface area contributed by atoms with Crippen LogP contribution in [0.3, 0.4) is 0 Å². The minimum Gasteiger partial charge on any atom is -0.455 e. The molecule has 210 valence electrons. The van der Waals surface area contributed by atoms with E-state index in [9.17, 15) is 8.22 Å². The van der Waals surface area contributed by atoms with Gasteiger partial charge in [0.15, 0.2) is 0 Å². The average molecular weight is 590 g/mol. The summed E-state index contributed by atoms with van der Waals surface area (Å²) in [5, 5.41) is -0.719. The molecule has 0 saturated heterocycles. The molecular weight excluding hydrogens is 544 g/mol. The normalized spacial score (nSPS) is 16.8. The predicted molar refractivity (Wildman–Crippen MR) is 190 cm³/mol. The fourth-order valence-electron chi connectivity index (χ4n) is 5.88. The van der Waals surface area contributed by atoms with Crippen molar-refractivity contribution in [1.29, 1.82) is 0 Å². The van der Waals surface area contributed by atoms with Crippen LogP contribution in [-0.2, 0) is 0 Å². The molecule has 0 fully saturated rings. The summed E-state index contributed by atoms with van der Waals surface area (Å²) in [6, 6.07) is 7.14. The number of hydrogen-bond acceptors (Lipinski definition) is 1. The summed E-state index contributed by atoms with van der Waals surface area (Å²) in [5.74, 6) is 0. The molecule has 9 aromatic rings. The molecule has 0 aliphatic heterocycles. The maximum absolute atomic E-state index is 9.52. The second-order valence-electron chi connectivity index (χ2n) is 10.4. The first-order chi connectivity index (χ1) is 29.4. The molecule has 0 atom stereocenters. The average Bonchev–Trinajstić information content (AvgIpc) is 3.65. The molecule has 9 rings (SSSR count). The van der Waals surface area contributed by atoms with E-state index >= 15 is 0 Å². The molecule has 8 aromatic carbocycles. The highest BCUT2D eigenvalue weighted by atomic mass is 16.3. The Kier molecular flexibility index (Phi) is 3.18. The van der Waals surface area contributed by atoms with Gasteiger partial charge in [-0.3, -0.25) is 0 Å². The molecule has 0 aliphatic rings. The van der Waals surface area contributed by atoms with Crippen LogP contribution in [0.5, 0.6) is 0 Å². The molecule has 1 heteroatoms. The number of furan rings is 1. The van der Waals surface area contributed by atoms with E-state index in [1.165, 1.54) is 0 Å². The van der Waals surface area contributed by atoms with Crippen LogP contribution in [0.4, 0.5) is 0 Å². The number of para-hydroxylation sites is 1. The van der Waals surface area contributed by atoms with Crippen LogP contribution >= 0.6 is 0 Å². The SMILES string of the molecule is [2H]c1c([2H])c([2H])c(-c2c3c([2H])c([2H])c([2H])c([2H])c3c(-c3c([2H])c([2H])c(-c4cccc5c4oc4cc(-c6ccccc6)ccc45)c([2H])c3[2H])c3c([2H])c([2H])c([2H])c([2H])c23)c([2H])c1[2H]. The molecule has 0 spiro atoms. The third-order valence-corrected chi connectivity index (χ3v) is 7.88. The first-order valence-electron chi connectivity index (χ1n) is 22.6. The molecule has 0 N–H and O–H groups in total. The summed E-state index contributed by atoms with van der Waals surface area (Å²) in [6.07, 6.45) is 0. The highest BCUT2D eigenvalue weighted by molar-refractivity contribution is 6.21. The van der Waals surface area contributed by atoms with Crippen molar-refractivity contribution in [2.75, 3.05) is 0 Å². The summed E-state index contributed by atoms with van der Waals surface area (Å²) in [6.45, 7) is 0. The standard InChI is InChI=1S/C44H28O/c1-3-12-29(13-4-1)33-26-27-35-40-21-11-20-34(44(40)45-41(35)28-33)30-22-24-32(25-23-30)43-38-18-9-7-16-36(38)42(31-14-5-2-6-15-31)37-17-8-10-19-39(37)43/h1-28H/i2D,5D,6D,7D,8D,9D,10D,14D,15D,16D,17D,18D,19D,22D,23D,24D,25D. The van der Waals surface area contributed by atoms with E-state index < -0.39 is 147 Å². The monoisotopic (exact) mass is 589 g/mol. The van der Waals surface area contributed by atoms with Crippen molar-refractivity contribution in [2.45, 2.75) is 0 Å². The molecule has 0 saturated carbocycles. The lowest BCUT2D eigenvalue weighted by Gasteiger charge is -2.18. The fourth-order valence-corrected chi connectivity index (χ4v) is 5.88. The van der Waals surface area contributed by atoms with Crippen molar-refractivity contribution in [2.24, 2.45) is 0 Å². The minimum atomic E-state index is -0.827. The predicted octanol–water partition coefficient (Wildman–Crippen LogP) is 12.6. The Morgan fingerprint density at radius 3 is 1.60 bits per heavy atom. The van der Waals surface area contributed by atoms with Crippen LogP contribution in [0.25, 0.3) is 88.0 Å². The third kappa shape index (κ3) is 4.17. The molecule has 45 heavy (non-hydrogen) atoms. The number of benzene rings is 8. The largest absolute Gasteiger partial charge is 0.455 e. The van der Waals surface area contributed by atoms with Gasteiger partial charge in [0, 0.05) is 16.3 Å². The molecule has 0 aliphatic carbocycles. The van der Waals surface area contributed by atoms with Gasteiger partial charge in [-0.2, -0.15) is 0 Å². The maximum atomic E-state index is 9.52. The molecule has 0 amide bonds. The van der Waals surface area contributed by atoms with Gasteiger partial charge in [-0.25, -0.2) is 0 Å². The van der Waals surface area contributed by atoms with Crippen LogP contribution in [0.15, 0.2) is 174 Å². The van der Waals surface area contributed by atoms with E-state index in [1.54, 1.807) is 18.2 Å². The van der Waals surface area contributed by atoms with Crippen molar-refractivity contribution < 1.29 is 27.7 Å². The van der Waals surface area contributed by atoms with Gasteiger partial charge >= 0.3 is 0 Å². The van der Waals surface area contributed by atoms with Gasteiger partial charge in [0.25, 0.3) is 0 Å². The van der Waals surface area contributed by atoms with Crippen molar-refractivity contribution in [3.63, 3.8) is 0 Å². The quantitative estimate of drug-likeness (QED) is 0.186. The van der Waals surface area contributed by atoms with Crippen LogP contribution in [-0.4, -0.2) is 0 Å². The first-order valence-corrected chi connectivity index (χ1v) is 14.1. The van der Waals surface area contributed by atoms with Crippen LogP contribution in [0.1, 0.15) is 23.3 Å². The van der Waals surface area contributed by atoms with Gasteiger partial charge < -0.3 is 4.42 Å². The molecule has 1 heterocycles. The summed E-state index contributed by atoms with van der Waals surface area (Å²) >= 11 is 0. The summed E-state index contributed by atoms with van der Waals surface area (Å²) in [5.41, 5.74) is 0.426. The Morgan fingerprint density at radius 1 is 0.378 bits per heavy atom. The van der Waals surface area contributed by atoms with Gasteiger partial charge in [-0.1, -0.05) is 157 Å². The highest BCUT2D eigenvalue weighted by Crippen LogP contribution is 2.44. The van der Waals surface area contributed by atoms with Crippen molar-refractivity contribution in [1.82, 2.24) is 0 Å². The van der Waals surface area contributed by atoms with Crippen molar-refractivity contribution in [3.05, 3.63) is 169 Å². The third-order valence-electron chi connectivity index (χ3n) is 7.88. The maximum Gasteiger partial charge on any atom is 0.143 e. The summed E-state index contributed by atoms with van der Waals surface area (Å²) in [4.78, 5) is 0. The molecule has 1 aromatic heterocycles. The Labute approximate surface area is 285 Å². The molecule has 0 radical (unpaired) electrons. The minimum absolute atomic E-state index is 0.176. The van der Waals surface area contributed by atoms with Crippen LogP contribution in [0, 0.1) is 0 Å². The zero-order valence-corrected chi connectivity index (χ0v) is 23.3.